The van der Waals surface area contributed by atoms with E-state index in [0.29, 0.717) is 0 Å². The summed E-state index contributed by atoms with van der Waals surface area (Å²) in [7, 11) is 0. The predicted octanol–water partition coefficient (Wildman–Crippen LogP) is 6.53. The van der Waals surface area contributed by atoms with Crippen LogP contribution in [0, 0.1) is 0 Å². The molecule has 0 heteroatoms. The van der Waals surface area contributed by atoms with Crippen molar-refractivity contribution in [1.29, 1.82) is 0 Å². The normalized spacial score (nSPS) is 16.0. The Morgan fingerprint density at radius 2 is 1.15 bits per heavy atom. The van der Waals surface area contributed by atoms with Gasteiger partial charge in [0.05, 0.1) is 5.41 Å². The van der Waals surface area contributed by atoms with E-state index in [1.807, 2.05) is 6.08 Å². The fourth-order valence-corrected chi connectivity index (χ4v) is 4.95. The lowest BCUT2D eigenvalue weighted by Gasteiger charge is -2.31. The lowest BCUT2D eigenvalue weighted by Crippen LogP contribution is -2.26. The summed E-state index contributed by atoms with van der Waals surface area (Å²) in [6, 6.07) is 26.5. The van der Waals surface area contributed by atoms with Crippen molar-refractivity contribution < 1.29 is 0 Å². The van der Waals surface area contributed by atoms with Gasteiger partial charge in [-0.15, -0.1) is 0 Å². The lowest BCUT2D eigenvalue weighted by atomic mass is 9.69. The van der Waals surface area contributed by atoms with Crippen LogP contribution in [0.15, 0.2) is 103 Å². The molecular weight excluding hydrogens is 312 g/mol. The molecule has 0 aliphatic heterocycles. The van der Waals surface area contributed by atoms with Gasteiger partial charge in [-0.3, -0.25) is 0 Å². The number of rotatable bonds is 2. The van der Waals surface area contributed by atoms with Crippen molar-refractivity contribution in [2.75, 3.05) is 0 Å². The van der Waals surface area contributed by atoms with Gasteiger partial charge in [-0.2, -0.15) is 0 Å². The van der Waals surface area contributed by atoms with Crippen LogP contribution in [0.2, 0.25) is 0 Å². The van der Waals surface area contributed by atoms with Crippen molar-refractivity contribution in [3.8, 4) is 11.1 Å². The molecule has 0 saturated heterocycles. The highest BCUT2D eigenvalue weighted by Crippen LogP contribution is 2.61. The van der Waals surface area contributed by atoms with Crippen LogP contribution in [0.3, 0.4) is 0 Å². The first-order valence-electron chi connectivity index (χ1n) is 9.13. The molecule has 3 aromatic carbocycles. The maximum Gasteiger partial charge on any atom is 0.0725 e. The Morgan fingerprint density at radius 1 is 0.692 bits per heavy atom. The summed E-state index contributed by atoms with van der Waals surface area (Å²) in [5.41, 5.74) is 10.4. The van der Waals surface area contributed by atoms with Gasteiger partial charge < -0.3 is 0 Å². The van der Waals surface area contributed by atoms with Gasteiger partial charge in [0.15, 0.2) is 0 Å². The molecule has 0 bridgehead atoms. The van der Waals surface area contributed by atoms with Crippen molar-refractivity contribution in [2.24, 2.45) is 0 Å². The lowest BCUT2D eigenvalue weighted by molar-refractivity contribution is 0.786. The quantitative estimate of drug-likeness (QED) is 0.500. The first-order valence-corrected chi connectivity index (χ1v) is 9.13. The Hall–Kier alpha value is -3.12. The molecule has 2 aliphatic carbocycles. The summed E-state index contributed by atoms with van der Waals surface area (Å²) in [6.45, 7) is 6.24. The third-order valence-corrected chi connectivity index (χ3v) is 5.81. The molecular formula is C26H20. The van der Waals surface area contributed by atoms with Crippen LogP contribution in [0.25, 0.3) is 16.7 Å². The molecule has 0 amide bonds. The summed E-state index contributed by atoms with van der Waals surface area (Å²) in [5, 5.41) is 0. The Labute approximate surface area is 154 Å². The van der Waals surface area contributed by atoms with Gasteiger partial charge in [0.1, 0.15) is 0 Å². The molecule has 0 heterocycles. The second-order valence-electron chi connectivity index (χ2n) is 6.92. The minimum Gasteiger partial charge on any atom is -0.0984 e. The number of hydrogen-bond acceptors (Lipinski definition) is 0. The molecule has 0 fully saturated rings. The molecule has 0 atom stereocenters. The Bertz CT molecular complexity index is 1060. The minimum atomic E-state index is -0.250. The molecule has 26 heavy (non-hydrogen) atoms. The topological polar surface area (TPSA) is 0 Å². The Kier molecular flexibility index (Phi) is 3.17. The van der Waals surface area contributed by atoms with E-state index < -0.39 is 0 Å². The maximum absolute atomic E-state index is 4.15. The Balaban J connectivity index is 2.03. The van der Waals surface area contributed by atoms with Gasteiger partial charge in [-0.1, -0.05) is 97.6 Å². The van der Waals surface area contributed by atoms with E-state index in [4.69, 9.17) is 0 Å². The molecule has 5 rings (SSSR count). The summed E-state index contributed by atoms with van der Waals surface area (Å²) in [4.78, 5) is 0. The van der Waals surface area contributed by atoms with Crippen LogP contribution >= 0.6 is 0 Å². The van der Waals surface area contributed by atoms with Gasteiger partial charge in [-0.25, -0.2) is 0 Å². The number of hydrogen-bond donors (Lipinski definition) is 0. The van der Waals surface area contributed by atoms with Gasteiger partial charge in [-0.05, 0) is 51.5 Å². The van der Waals surface area contributed by atoms with Crippen molar-refractivity contribution in [2.45, 2.75) is 12.3 Å². The number of fused-ring (bicyclic) bond motifs is 7. The van der Waals surface area contributed by atoms with Crippen molar-refractivity contribution in [3.05, 3.63) is 125 Å². The zero-order valence-corrected chi connectivity index (χ0v) is 14.9. The second-order valence-corrected chi connectivity index (χ2v) is 6.92. The standard InChI is InChI=1S/C26H20/c1-3-11-22-18(4-2)19-12-5-8-15-23(19)26(22)24-16-9-6-13-20(24)21-14-7-10-17-25(21)26/h3-17H,2H2,1H3/b11-3-. The monoisotopic (exact) mass is 332 g/mol. The van der Waals surface area contributed by atoms with Gasteiger partial charge in [0.25, 0.3) is 0 Å². The number of benzene rings is 3. The van der Waals surface area contributed by atoms with Crippen LogP contribution < -0.4 is 0 Å². The molecule has 1 spiro atoms. The minimum absolute atomic E-state index is 0.250. The molecule has 0 saturated carbocycles. The van der Waals surface area contributed by atoms with E-state index in [2.05, 4.69) is 98.5 Å². The first kappa shape index (κ1) is 15.2. The third-order valence-electron chi connectivity index (χ3n) is 5.81. The zero-order valence-electron chi connectivity index (χ0n) is 14.9. The van der Waals surface area contributed by atoms with E-state index >= 15 is 0 Å². The van der Waals surface area contributed by atoms with E-state index in [9.17, 15) is 0 Å². The maximum atomic E-state index is 4.15. The molecule has 0 N–H and O–H groups in total. The average Bonchev–Trinajstić information content (AvgIpc) is 3.15. The van der Waals surface area contributed by atoms with Crippen LogP contribution in [0.5, 0.6) is 0 Å². The Morgan fingerprint density at radius 3 is 1.65 bits per heavy atom. The molecule has 3 aromatic rings. The highest BCUT2D eigenvalue weighted by atomic mass is 14.5. The SMILES string of the molecule is C=CC1=C(/C=C\C)C2(c3ccccc31)c1ccccc1-c1ccccc12. The van der Waals surface area contributed by atoms with Crippen LogP contribution in [0.1, 0.15) is 29.2 Å². The van der Waals surface area contributed by atoms with Crippen molar-refractivity contribution >= 4 is 5.57 Å². The smallest absolute Gasteiger partial charge is 0.0725 e. The molecule has 124 valence electrons. The molecule has 0 nitrogen and oxygen atoms in total. The van der Waals surface area contributed by atoms with Crippen LogP contribution in [0.4, 0.5) is 0 Å². The summed E-state index contributed by atoms with van der Waals surface area (Å²) in [5.74, 6) is 0. The van der Waals surface area contributed by atoms with Crippen molar-refractivity contribution in [1.82, 2.24) is 0 Å². The largest absolute Gasteiger partial charge is 0.0984 e. The average molecular weight is 332 g/mol. The van der Waals surface area contributed by atoms with Crippen LogP contribution in [-0.2, 0) is 5.41 Å². The third kappa shape index (κ3) is 1.64. The predicted molar refractivity (Wildman–Crippen MR) is 110 cm³/mol. The van der Waals surface area contributed by atoms with Gasteiger partial charge in [0.2, 0.25) is 0 Å². The first-order chi connectivity index (χ1) is 12.8. The molecule has 0 radical (unpaired) electrons. The molecule has 0 unspecified atom stereocenters. The summed E-state index contributed by atoms with van der Waals surface area (Å²) >= 11 is 0. The summed E-state index contributed by atoms with van der Waals surface area (Å²) in [6.07, 6.45) is 6.44. The zero-order chi connectivity index (χ0) is 17.7. The van der Waals surface area contributed by atoms with E-state index in [1.54, 1.807) is 0 Å². The second kappa shape index (κ2) is 5.44. The van der Waals surface area contributed by atoms with E-state index in [-0.39, 0.29) is 5.41 Å². The van der Waals surface area contributed by atoms with Crippen LogP contribution in [-0.4, -0.2) is 0 Å². The highest BCUT2D eigenvalue weighted by molar-refractivity contribution is 5.97. The van der Waals surface area contributed by atoms with E-state index in [0.717, 1.165) is 0 Å². The van der Waals surface area contributed by atoms with Gasteiger partial charge >= 0.3 is 0 Å². The van der Waals surface area contributed by atoms with Gasteiger partial charge in [0, 0.05) is 0 Å². The van der Waals surface area contributed by atoms with Crippen molar-refractivity contribution in [3.63, 3.8) is 0 Å². The molecule has 0 aromatic heterocycles. The fraction of sp³-hybridized carbons (Fsp3) is 0.0769. The highest BCUT2D eigenvalue weighted by Gasteiger charge is 2.51. The fourth-order valence-electron chi connectivity index (χ4n) is 4.95. The summed E-state index contributed by atoms with van der Waals surface area (Å²) < 4.78 is 0. The number of allylic oxidation sites excluding steroid dienone is 5. The molecule has 2 aliphatic rings. The van der Waals surface area contributed by atoms with E-state index in [1.165, 1.54) is 44.5 Å².